The number of hydrogen-bond acceptors (Lipinski definition) is 4. The van der Waals surface area contributed by atoms with E-state index >= 15 is 0 Å². The summed E-state index contributed by atoms with van der Waals surface area (Å²) in [5.41, 5.74) is 0.195. The maximum absolute atomic E-state index is 11.9. The lowest BCUT2D eigenvalue weighted by atomic mass is 10.2. The van der Waals surface area contributed by atoms with Gasteiger partial charge in [0.15, 0.2) is 0 Å². The van der Waals surface area contributed by atoms with E-state index in [9.17, 15) is 17.4 Å². The number of sulfonamides is 1. The van der Waals surface area contributed by atoms with Crippen molar-refractivity contribution < 1.29 is 17.4 Å². The predicted octanol–water partition coefficient (Wildman–Crippen LogP) is -0.169. The van der Waals surface area contributed by atoms with Crippen LogP contribution in [0.2, 0.25) is 0 Å². The lowest BCUT2D eigenvalue weighted by Crippen LogP contribution is -2.36. The summed E-state index contributed by atoms with van der Waals surface area (Å²) in [7, 11) is -4.85. The predicted molar refractivity (Wildman–Crippen MR) is 73.7 cm³/mol. The van der Waals surface area contributed by atoms with E-state index in [1.807, 2.05) is 0 Å². The molecule has 1 rings (SSSR count). The summed E-state index contributed by atoms with van der Waals surface area (Å²) in [6.07, 6.45) is 1.55. The average molecular weight is 304 g/mol. The first-order valence-electron chi connectivity index (χ1n) is 5.44. The number of rotatable bonds is 5. The first-order chi connectivity index (χ1) is 8.70. The van der Waals surface area contributed by atoms with Crippen molar-refractivity contribution in [2.45, 2.75) is 17.9 Å². The molecule has 0 spiro atoms. The molecule has 106 valence electrons. The standard InChI is InChI=1S/C11H16N2O4S2/c1-8(7-18(2)15)13-11(14)9-4-3-5-10(6-9)19(12,16)17/h3-6,8H,7H2,1-2H3,(H,13,14)(H2,12,16,17). The van der Waals surface area contributed by atoms with Crippen LogP contribution >= 0.6 is 0 Å². The molecule has 6 nitrogen and oxygen atoms in total. The Balaban J connectivity index is 2.86. The molecule has 2 unspecified atom stereocenters. The summed E-state index contributed by atoms with van der Waals surface area (Å²) in [4.78, 5) is 11.8. The fourth-order valence-electron chi connectivity index (χ4n) is 1.52. The fraction of sp³-hybridized carbons (Fsp3) is 0.364. The van der Waals surface area contributed by atoms with Crippen LogP contribution in [0.5, 0.6) is 0 Å². The van der Waals surface area contributed by atoms with Gasteiger partial charge in [0, 0.05) is 34.4 Å². The van der Waals surface area contributed by atoms with Crippen molar-refractivity contribution in [2.24, 2.45) is 5.14 Å². The third kappa shape index (κ3) is 5.09. The highest BCUT2D eigenvalue weighted by atomic mass is 32.2. The maximum atomic E-state index is 11.9. The number of carbonyl (C=O) groups is 1. The van der Waals surface area contributed by atoms with Crippen molar-refractivity contribution in [3.05, 3.63) is 29.8 Å². The maximum Gasteiger partial charge on any atom is 0.251 e. The van der Waals surface area contributed by atoms with Gasteiger partial charge in [0.1, 0.15) is 0 Å². The molecule has 0 aliphatic rings. The van der Waals surface area contributed by atoms with E-state index in [0.29, 0.717) is 5.75 Å². The summed E-state index contributed by atoms with van der Waals surface area (Å²) in [5, 5.41) is 7.63. The molecule has 0 heterocycles. The molecule has 0 aliphatic carbocycles. The second kappa shape index (κ2) is 6.27. The average Bonchev–Trinajstić information content (AvgIpc) is 2.26. The van der Waals surface area contributed by atoms with Crippen LogP contribution in [0.15, 0.2) is 29.2 Å². The van der Waals surface area contributed by atoms with Crippen LogP contribution in [0, 0.1) is 0 Å². The van der Waals surface area contributed by atoms with Gasteiger partial charge in [-0.05, 0) is 25.1 Å². The smallest absolute Gasteiger partial charge is 0.251 e. The van der Waals surface area contributed by atoms with E-state index in [2.05, 4.69) is 5.32 Å². The Hall–Kier alpha value is -1.25. The molecule has 0 saturated carbocycles. The molecule has 0 bridgehead atoms. The first-order valence-corrected chi connectivity index (χ1v) is 8.71. The van der Waals surface area contributed by atoms with Crippen molar-refractivity contribution in [3.63, 3.8) is 0 Å². The Labute approximate surface area is 114 Å². The van der Waals surface area contributed by atoms with Gasteiger partial charge in [0.2, 0.25) is 10.0 Å². The molecular formula is C11H16N2O4S2. The molecule has 0 saturated heterocycles. The monoisotopic (exact) mass is 304 g/mol. The minimum atomic E-state index is -3.83. The van der Waals surface area contributed by atoms with E-state index in [-0.39, 0.29) is 16.5 Å². The van der Waals surface area contributed by atoms with Crippen molar-refractivity contribution in [2.75, 3.05) is 12.0 Å². The van der Waals surface area contributed by atoms with Gasteiger partial charge in [-0.25, -0.2) is 13.6 Å². The van der Waals surface area contributed by atoms with E-state index in [1.54, 1.807) is 13.2 Å². The zero-order chi connectivity index (χ0) is 14.6. The van der Waals surface area contributed by atoms with Crippen molar-refractivity contribution >= 4 is 26.7 Å². The third-order valence-electron chi connectivity index (χ3n) is 2.29. The van der Waals surface area contributed by atoms with Crippen LogP contribution in [0.4, 0.5) is 0 Å². The Morgan fingerprint density at radius 2 is 2.11 bits per heavy atom. The van der Waals surface area contributed by atoms with E-state index in [0.717, 1.165) is 0 Å². The second-order valence-electron chi connectivity index (χ2n) is 4.19. The summed E-state index contributed by atoms with van der Waals surface area (Å²) in [6.45, 7) is 1.73. The van der Waals surface area contributed by atoms with Gasteiger partial charge in [-0.2, -0.15) is 0 Å². The number of nitrogens with one attached hydrogen (secondary N) is 1. The molecule has 0 aromatic heterocycles. The Bertz CT molecular complexity index is 598. The van der Waals surface area contributed by atoms with Crippen LogP contribution in [-0.4, -0.2) is 36.6 Å². The van der Waals surface area contributed by atoms with Crippen molar-refractivity contribution in [1.82, 2.24) is 5.32 Å². The van der Waals surface area contributed by atoms with Crippen molar-refractivity contribution in [3.8, 4) is 0 Å². The molecule has 0 fully saturated rings. The van der Waals surface area contributed by atoms with Gasteiger partial charge in [-0.15, -0.1) is 0 Å². The van der Waals surface area contributed by atoms with E-state index < -0.39 is 26.7 Å². The summed E-state index contributed by atoms with van der Waals surface area (Å²) >= 11 is 0. The zero-order valence-corrected chi connectivity index (χ0v) is 12.3. The highest BCUT2D eigenvalue weighted by Gasteiger charge is 2.14. The Kier molecular flexibility index (Phi) is 5.21. The largest absolute Gasteiger partial charge is 0.349 e. The lowest BCUT2D eigenvalue weighted by molar-refractivity contribution is 0.0943. The quantitative estimate of drug-likeness (QED) is 0.787. The van der Waals surface area contributed by atoms with Crippen molar-refractivity contribution in [1.29, 1.82) is 0 Å². The number of nitrogens with two attached hydrogens (primary N) is 1. The van der Waals surface area contributed by atoms with Crippen LogP contribution in [0.25, 0.3) is 0 Å². The molecule has 1 aromatic carbocycles. The molecule has 8 heteroatoms. The van der Waals surface area contributed by atoms with Crippen LogP contribution in [0.3, 0.4) is 0 Å². The van der Waals surface area contributed by atoms with Crippen LogP contribution in [-0.2, 0) is 20.8 Å². The summed E-state index contributed by atoms with van der Waals surface area (Å²) in [5.74, 6) is -0.0934. The van der Waals surface area contributed by atoms with Gasteiger partial charge in [-0.3, -0.25) is 9.00 Å². The fourth-order valence-corrected chi connectivity index (χ4v) is 2.86. The zero-order valence-electron chi connectivity index (χ0n) is 10.6. The van der Waals surface area contributed by atoms with Gasteiger partial charge in [0.05, 0.1) is 4.90 Å². The molecule has 3 N–H and O–H groups in total. The first kappa shape index (κ1) is 15.8. The minimum absolute atomic E-state index is 0.119. The topological polar surface area (TPSA) is 106 Å². The number of carbonyl (C=O) groups excluding carboxylic acids is 1. The molecule has 0 aliphatic heterocycles. The lowest BCUT2D eigenvalue weighted by Gasteiger charge is -2.12. The van der Waals surface area contributed by atoms with Crippen LogP contribution < -0.4 is 10.5 Å². The molecule has 1 amide bonds. The number of primary sulfonamides is 1. The van der Waals surface area contributed by atoms with Gasteiger partial charge in [0.25, 0.3) is 5.91 Å². The van der Waals surface area contributed by atoms with Gasteiger partial charge in [-0.1, -0.05) is 6.07 Å². The van der Waals surface area contributed by atoms with Crippen LogP contribution in [0.1, 0.15) is 17.3 Å². The Morgan fingerprint density at radius 1 is 1.47 bits per heavy atom. The Morgan fingerprint density at radius 3 is 2.63 bits per heavy atom. The van der Waals surface area contributed by atoms with E-state index in [4.69, 9.17) is 5.14 Å². The second-order valence-corrected chi connectivity index (χ2v) is 7.23. The number of hydrogen-bond donors (Lipinski definition) is 2. The summed E-state index contributed by atoms with van der Waals surface area (Å²) < 4.78 is 33.4. The van der Waals surface area contributed by atoms with E-state index in [1.165, 1.54) is 24.3 Å². The molecule has 2 atom stereocenters. The molecule has 1 aromatic rings. The minimum Gasteiger partial charge on any atom is -0.349 e. The SMILES string of the molecule is CC(CS(C)=O)NC(=O)c1cccc(S(N)(=O)=O)c1. The third-order valence-corrected chi connectivity index (χ3v) is 4.17. The number of benzene rings is 1. The molecule has 0 radical (unpaired) electrons. The van der Waals surface area contributed by atoms with Gasteiger partial charge >= 0.3 is 0 Å². The molecule has 19 heavy (non-hydrogen) atoms. The summed E-state index contributed by atoms with van der Waals surface area (Å²) in [6, 6.07) is 5.19. The van der Waals surface area contributed by atoms with Gasteiger partial charge < -0.3 is 5.32 Å². The highest BCUT2D eigenvalue weighted by molar-refractivity contribution is 7.89. The molecular weight excluding hydrogens is 288 g/mol. The normalized spacial score (nSPS) is 14.7. The number of amides is 1. The highest BCUT2D eigenvalue weighted by Crippen LogP contribution is 2.09.